The van der Waals surface area contributed by atoms with Crippen molar-refractivity contribution in [2.45, 2.75) is 12.8 Å². The molecule has 1 aromatic heterocycles. The summed E-state index contributed by atoms with van der Waals surface area (Å²) in [6.07, 6.45) is -4.37. The molecule has 0 aliphatic heterocycles. The van der Waals surface area contributed by atoms with Crippen LogP contribution in [0.5, 0.6) is 5.75 Å². The van der Waals surface area contributed by atoms with Gasteiger partial charge in [0.15, 0.2) is 0 Å². The number of aliphatic hydroxyl groups excluding tert-OH is 1. The lowest BCUT2D eigenvalue weighted by molar-refractivity contribution is -0.137. The lowest BCUT2D eigenvalue weighted by Crippen LogP contribution is -2.04. The van der Waals surface area contributed by atoms with E-state index in [4.69, 9.17) is 9.84 Å². The van der Waals surface area contributed by atoms with Gasteiger partial charge >= 0.3 is 6.18 Å². The van der Waals surface area contributed by atoms with Crippen LogP contribution in [0.25, 0.3) is 11.3 Å². The first kappa shape index (κ1) is 14.3. The van der Waals surface area contributed by atoms with E-state index in [1.807, 2.05) is 0 Å². The average molecular weight is 283 g/mol. The molecule has 0 atom stereocenters. The summed E-state index contributed by atoms with van der Waals surface area (Å²) >= 11 is 0. The van der Waals surface area contributed by atoms with Gasteiger partial charge in [-0.15, -0.1) is 0 Å². The monoisotopic (exact) mass is 283 g/mol. The highest BCUT2D eigenvalue weighted by Gasteiger charge is 2.30. The van der Waals surface area contributed by atoms with Gasteiger partial charge in [0.05, 0.1) is 25.0 Å². The zero-order valence-electron chi connectivity index (χ0n) is 10.6. The maximum Gasteiger partial charge on any atom is 0.416 e. The molecule has 1 N–H and O–H groups in total. The second kappa shape index (κ2) is 5.50. The number of benzene rings is 1. The molecule has 2 rings (SSSR count). The number of halogens is 3. The van der Waals surface area contributed by atoms with Crippen LogP contribution >= 0.6 is 0 Å². The molecule has 1 heterocycles. The highest BCUT2D eigenvalue weighted by Crippen LogP contribution is 2.33. The number of hydrogen-bond donors (Lipinski definition) is 1. The zero-order valence-corrected chi connectivity index (χ0v) is 10.6. The number of ether oxygens (including phenoxy) is 1. The Bertz CT molecular complexity index is 594. The Morgan fingerprint density at radius 1 is 1.10 bits per heavy atom. The molecule has 20 heavy (non-hydrogen) atoms. The molecule has 6 heteroatoms. The Balaban J connectivity index is 2.45. The molecule has 0 radical (unpaired) electrons. The Kier molecular flexibility index (Phi) is 3.94. The summed E-state index contributed by atoms with van der Waals surface area (Å²) in [7, 11) is 1.45. The first-order valence-electron chi connectivity index (χ1n) is 5.78. The summed E-state index contributed by atoms with van der Waals surface area (Å²) < 4.78 is 42.7. The van der Waals surface area contributed by atoms with Crippen molar-refractivity contribution in [3.8, 4) is 17.0 Å². The molecule has 1 aromatic carbocycles. The highest BCUT2D eigenvalue weighted by atomic mass is 19.4. The quantitative estimate of drug-likeness (QED) is 0.940. The minimum atomic E-state index is -4.37. The summed E-state index contributed by atoms with van der Waals surface area (Å²) in [5.41, 5.74) is 0.581. The number of aromatic nitrogens is 1. The molecule has 3 nitrogen and oxygen atoms in total. The maximum atomic E-state index is 12.5. The second-order valence-corrected chi connectivity index (χ2v) is 4.09. The summed E-state index contributed by atoms with van der Waals surface area (Å²) in [6.45, 7) is -0.252. The van der Waals surface area contributed by atoms with Gasteiger partial charge in [-0.25, -0.2) is 4.98 Å². The van der Waals surface area contributed by atoms with E-state index in [1.165, 1.54) is 19.2 Å². The summed E-state index contributed by atoms with van der Waals surface area (Å²) in [5.74, 6) is 0.432. The topological polar surface area (TPSA) is 42.4 Å². The van der Waals surface area contributed by atoms with E-state index in [2.05, 4.69) is 4.98 Å². The molecule has 0 bridgehead atoms. The number of hydrogen-bond acceptors (Lipinski definition) is 3. The molecule has 0 aliphatic carbocycles. The minimum absolute atomic E-state index is 0.252. The molecule has 0 aliphatic rings. The lowest BCUT2D eigenvalue weighted by atomic mass is 10.1. The standard InChI is InChI=1S/C14H12F3NO2/c1-20-12-7-6-11(8-19)18-13(12)9-2-4-10(5-3-9)14(15,16)17/h2-7,19H,8H2,1H3. The van der Waals surface area contributed by atoms with Crippen molar-refractivity contribution < 1.29 is 23.0 Å². The number of pyridine rings is 1. The molecule has 0 saturated carbocycles. The van der Waals surface area contributed by atoms with Crippen molar-refractivity contribution in [2.24, 2.45) is 0 Å². The average Bonchev–Trinajstić information content (AvgIpc) is 2.45. The summed E-state index contributed by atoms with van der Waals surface area (Å²) in [5, 5.41) is 9.07. The van der Waals surface area contributed by atoms with Crippen LogP contribution in [0.1, 0.15) is 11.3 Å². The van der Waals surface area contributed by atoms with Gasteiger partial charge in [0.2, 0.25) is 0 Å². The third-order valence-electron chi connectivity index (χ3n) is 2.78. The van der Waals surface area contributed by atoms with Crippen LogP contribution in [0.2, 0.25) is 0 Å². The van der Waals surface area contributed by atoms with Crippen LogP contribution in [0, 0.1) is 0 Å². The van der Waals surface area contributed by atoms with Gasteiger partial charge in [-0.1, -0.05) is 12.1 Å². The molecule has 2 aromatic rings. The fourth-order valence-electron chi connectivity index (χ4n) is 1.76. The van der Waals surface area contributed by atoms with Crippen LogP contribution in [0.3, 0.4) is 0 Å². The predicted molar refractivity (Wildman–Crippen MR) is 67.1 cm³/mol. The largest absolute Gasteiger partial charge is 0.494 e. The normalized spacial score (nSPS) is 11.4. The van der Waals surface area contributed by atoms with Crippen LogP contribution in [0.15, 0.2) is 36.4 Å². The molecule has 0 amide bonds. The van der Waals surface area contributed by atoms with Gasteiger partial charge < -0.3 is 9.84 Å². The predicted octanol–water partition coefficient (Wildman–Crippen LogP) is 3.27. The molecule has 106 valence electrons. The summed E-state index contributed by atoms with van der Waals surface area (Å²) in [6, 6.07) is 7.84. The van der Waals surface area contributed by atoms with Gasteiger partial charge in [-0.05, 0) is 24.3 Å². The van der Waals surface area contributed by atoms with Gasteiger partial charge in [-0.2, -0.15) is 13.2 Å². The van der Waals surface area contributed by atoms with E-state index in [0.717, 1.165) is 12.1 Å². The Labute approximate surface area is 113 Å². The third kappa shape index (κ3) is 2.91. The Hall–Kier alpha value is -2.08. The van der Waals surface area contributed by atoms with Crippen LogP contribution in [-0.2, 0) is 12.8 Å². The first-order valence-corrected chi connectivity index (χ1v) is 5.78. The van der Waals surface area contributed by atoms with E-state index in [0.29, 0.717) is 22.7 Å². The van der Waals surface area contributed by atoms with Crippen molar-refractivity contribution in [1.82, 2.24) is 4.98 Å². The van der Waals surface area contributed by atoms with E-state index < -0.39 is 11.7 Å². The van der Waals surface area contributed by atoms with Crippen LogP contribution < -0.4 is 4.74 Å². The lowest BCUT2D eigenvalue weighted by Gasteiger charge is -2.11. The van der Waals surface area contributed by atoms with E-state index >= 15 is 0 Å². The molecular weight excluding hydrogens is 271 g/mol. The SMILES string of the molecule is COc1ccc(CO)nc1-c1ccc(C(F)(F)F)cc1. The first-order chi connectivity index (χ1) is 9.45. The fraction of sp³-hybridized carbons (Fsp3) is 0.214. The van der Waals surface area contributed by atoms with Crippen molar-refractivity contribution in [3.05, 3.63) is 47.7 Å². The van der Waals surface area contributed by atoms with Crippen molar-refractivity contribution in [3.63, 3.8) is 0 Å². The number of nitrogens with zero attached hydrogens (tertiary/aromatic N) is 1. The van der Waals surface area contributed by atoms with Crippen molar-refractivity contribution in [2.75, 3.05) is 7.11 Å². The van der Waals surface area contributed by atoms with Crippen molar-refractivity contribution >= 4 is 0 Å². The van der Waals surface area contributed by atoms with Gasteiger partial charge in [-0.3, -0.25) is 0 Å². The second-order valence-electron chi connectivity index (χ2n) is 4.09. The third-order valence-corrected chi connectivity index (χ3v) is 2.78. The minimum Gasteiger partial charge on any atom is -0.494 e. The number of methoxy groups -OCH3 is 1. The zero-order chi connectivity index (χ0) is 14.8. The van der Waals surface area contributed by atoms with Gasteiger partial charge in [0.25, 0.3) is 0 Å². The number of rotatable bonds is 3. The summed E-state index contributed by atoms with van der Waals surface area (Å²) in [4.78, 5) is 4.17. The van der Waals surface area contributed by atoms with Crippen LogP contribution in [0.4, 0.5) is 13.2 Å². The smallest absolute Gasteiger partial charge is 0.416 e. The van der Waals surface area contributed by atoms with Crippen molar-refractivity contribution in [1.29, 1.82) is 0 Å². The Morgan fingerprint density at radius 2 is 1.75 bits per heavy atom. The number of aliphatic hydroxyl groups is 1. The molecule has 0 saturated heterocycles. The number of alkyl halides is 3. The van der Waals surface area contributed by atoms with E-state index in [9.17, 15) is 13.2 Å². The van der Waals surface area contributed by atoms with Crippen LogP contribution in [-0.4, -0.2) is 17.2 Å². The Morgan fingerprint density at radius 3 is 2.25 bits per heavy atom. The highest BCUT2D eigenvalue weighted by molar-refractivity contribution is 5.66. The maximum absolute atomic E-state index is 12.5. The van der Waals surface area contributed by atoms with Gasteiger partial charge in [0, 0.05) is 5.56 Å². The molecular formula is C14H12F3NO2. The van der Waals surface area contributed by atoms with E-state index in [1.54, 1.807) is 12.1 Å². The van der Waals surface area contributed by atoms with E-state index in [-0.39, 0.29) is 6.61 Å². The molecule has 0 unspecified atom stereocenters. The molecule has 0 spiro atoms. The van der Waals surface area contributed by atoms with Gasteiger partial charge in [0.1, 0.15) is 11.4 Å². The molecule has 0 fully saturated rings. The fourth-order valence-corrected chi connectivity index (χ4v) is 1.76.